The Bertz CT molecular complexity index is 911. The first-order valence-electron chi connectivity index (χ1n) is 9.03. The first-order valence-corrected chi connectivity index (χ1v) is 11.7. The normalized spacial score (nSPS) is 12.7. The largest absolute Gasteiger partial charge is 0.384 e. The molecule has 1 atom stereocenters. The Morgan fingerprint density at radius 3 is 2.66 bits per heavy atom. The van der Waals surface area contributed by atoms with Gasteiger partial charge in [-0.25, -0.2) is 17.8 Å². The minimum atomic E-state index is -4.29. The van der Waals surface area contributed by atoms with E-state index in [9.17, 15) is 17.2 Å². The van der Waals surface area contributed by atoms with E-state index in [1.165, 1.54) is 0 Å². The van der Waals surface area contributed by atoms with Gasteiger partial charge in [0.2, 0.25) is 0 Å². The van der Waals surface area contributed by atoms with E-state index in [0.29, 0.717) is 36.2 Å². The lowest BCUT2D eigenvalue weighted by molar-refractivity contribution is 0.507. The smallest absolute Gasteiger partial charge is 0.266 e. The van der Waals surface area contributed by atoms with E-state index < -0.39 is 25.9 Å². The Labute approximate surface area is 178 Å². The SMILES string of the molecule is C[C@H](CCN)NCCCCNc1cc(F)c(S(=O)(=O)Nc2ncc(F)s2)cc1Cl. The predicted molar refractivity (Wildman–Crippen MR) is 113 cm³/mol. The van der Waals surface area contributed by atoms with Gasteiger partial charge < -0.3 is 16.4 Å². The molecule has 0 bridgehead atoms. The van der Waals surface area contributed by atoms with Gasteiger partial charge in [0.15, 0.2) is 10.3 Å². The molecule has 7 nitrogen and oxygen atoms in total. The van der Waals surface area contributed by atoms with Gasteiger partial charge in [-0.3, -0.25) is 4.72 Å². The number of sulfonamides is 1. The van der Waals surface area contributed by atoms with Crippen molar-refractivity contribution in [2.24, 2.45) is 5.73 Å². The molecule has 1 aromatic heterocycles. The molecule has 0 saturated carbocycles. The first kappa shape index (κ1) is 23.7. The standard InChI is InChI=1S/C17H24ClF2N5O2S2/c1-11(4-5-21)22-6-2-3-7-23-14-9-13(19)15(8-12(14)18)29(26,27)25-17-24-10-16(20)28-17/h8-11,22-23H,2-7,21H2,1H3,(H,24,25)/t11-/m1/s1. The Morgan fingerprint density at radius 2 is 2.00 bits per heavy atom. The Morgan fingerprint density at radius 1 is 1.28 bits per heavy atom. The summed E-state index contributed by atoms with van der Waals surface area (Å²) >= 11 is 6.61. The Kier molecular flexibility index (Phi) is 9.03. The number of rotatable bonds is 12. The number of unbranched alkanes of at least 4 members (excludes halogenated alkanes) is 1. The van der Waals surface area contributed by atoms with Crippen molar-refractivity contribution in [3.05, 3.63) is 34.3 Å². The average Bonchev–Trinajstić information content (AvgIpc) is 3.04. The molecule has 0 spiro atoms. The van der Waals surface area contributed by atoms with Crippen LogP contribution in [0, 0.1) is 10.9 Å². The lowest BCUT2D eigenvalue weighted by Crippen LogP contribution is -2.29. The van der Waals surface area contributed by atoms with Crippen LogP contribution in [0.3, 0.4) is 0 Å². The molecule has 0 saturated heterocycles. The van der Waals surface area contributed by atoms with E-state index in [1.807, 2.05) is 4.72 Å². The number of nitrogens with zero attached hydrogens (tertiary/aromatic N) is 1. The van der Waals surface area contributed by atoms with Crippen molar-refractivity contribution in [2.45, 2.75) is 37.1 Å². The summed E-state index contributed by atoms with van der Waals surface area (Å²) in [6.45, 7) is 4.10. The van der Waals surface area contributed by atoms with Gasteiger partial charge in [0.1, 0.15) is 10.7 Å². The highest BCUT2D eigenvalue weighted by Gasteiger charge is 2.23. The fraction of sp³-hybridized carbons (Fsp3) is 0.471. The highest BCUT2D eigenvalue weighted by atomic mass is 35.5. The molecular formula is C17H24ClF2N5O2S2. The van der Waals surface area contributed by atoms with Crippen LogP contribution in [0.4, 0.5) is 19.6 Å². The number of hydrogen-bond acceptors (Lipinski definition) is 7. The van der Waals surface area contributed by atoms with Crippen LogP contribution >= 0.6 is 22.9 Å². The van der Waals surface area contributed by atoms with Crippen molar-refractivity contribution in [1.29, 1.82) is 0 Å². The van der Waals surface area contributed by atoms with Crippen LogP contribution < -0.4 is 21.1 Å². The molecular weight excluding hydrogens is 444 g/mol. The van der Waals surface area contributed by atoms with Gasteiger partial charge in [-0.2, -0.15) is 4.39 Å². The molecule has 0 aliphatic carbocycles. The second-order valence-corrected chi connectivity index (χ2v) is 9.44. The summed E-state index contributed by atoms with van der Waals surface area (Å²) in [5.74, 6) is -0.973. The molecule has 162 valence electrons. The van der Waals surface area contributed by atoms with Gasteiger partial charge in [0.05, 0.1) is 16.9 Å². The molecule has 0 amide bonds. The molecule has 1 heterocycles. The number of benzene rings is 1. The molecule has 1 aromatic carbocycles. The fourth-order valence-electron chi connectivity index (χ4n) is 2.52. The highest BCUT2D eigenvalue weighted by molar-refractivity contribution is 7.93. The van der Waals surface area contributed by atoms with E-state index in [4.69, 9.17) is 17.3 Å². The summed E-state index contributed by atoms with van der Waals surface area (Å²) in [7, 11) is -4.29. The van der Waals surface area contributed by atoms with Crippen molar-refractivity contribution in [2.75, 3.05) is 29.7 Å². The topological polar surface area (TPSA) is 109 Å². The molecule has 0 aliphatic rings. The highest BCUT2D eigenvalue weighted by Crippen LogP contribution is 2.29. The second-order valence-electron chi connectivity index (χ2n) is 6.40. The van der Waals surface area contributed by atoms with Crippen LogP contribution in [0.25, 0.3) is 0 Å². The number of hydrogen-bond donors (Lipinski definition) is 4. The first-order chi connectivity index (χ1) is 13.7. The van der Waals surface area contributed by atoms with Crippen LogP contribution in [0.15, 0.2) is 23.2 Å². The monoisotopic (exact) mass is 467 g/mol. The zero-order valence-electron chi connectivity index (χ0n) is 15.8. The third-order valence-corrected chi connectivity index (χ3v) is 6.52. The van der Waals surface area contributed by atoms with Crippen molar-refractivity contribution in [3.63, 3.8) is 0 Å². The minimum Gasteiger partial charge on any atom is -0.384 e. The Hall–Kier alpha value is -1.53. The van der Waals surface area contributed by atoms with Crippen LogP contribution in [-0.4, -0.2) is 39.1 Å². The Balaban J connectivity index is 1.91. The average molecular weight is 468 g/mol. The molecule has 29 heavy (non-hydrogen) atoms. The quantitative estimate of drug-likeness (QED) is 0.356. The van der Waals surface area contributed by atoms with Crippen LogP contribution in [0.5, 0.6) is 0 Å². The molecule has 5 N–H and O–H groups in total. The molecule has 2 aromatic rings. The van der Waals surface area contributed by atoms with Crippen LogP contribution in [0.2, 0.25) is 5.02 Å². The lowest BCUT2D eigenvalue weighted by atomic mass is 10.2. The summed E-state index contributed by atoms with van der Waals surface area (Å²) in [4.78, 5) is 2.92. The summed E-state index contributed by atoms with van der Waals surface area (Å²) in [5.41, 5.74) is 5.80. The summed E-state index contributed by atoms with van der Waals surface area (Å²) < 4.78 is 54.1. The van der Waals surface area contributed by atoms with E-state index >= 15 is 0 Å². The van der Waals surface area contributed by atoms with Crippen molar-refractivity contribution in [1.82, 2.24) is 10.3 Å². The zero-order chi connectivity index (χ0) is 21.4. The number of nitrogens with one attached hydrogen (secondary N) is 3. The maximum atomic E-state index is 14.4. The molecule has 2 rings (SSSR count). The second kappa shape index (κ2) is 11.0. The number of aromatic nitrogens is 1. The van der Waals surface area contributed by atoms with Crippen molar-refractivity contribution < 1.29 is 17.2 Å². The van der Waals surface area contributed by atoms with Gasteiger partial charge >= 0.3 is 0 Å². The number of anilines is 2. The van der Waals surface area contributed by atoms with Crippen LogP contribution in [-0.2, 0) is 10.0 Å². The van der Waals surface area contributed by atoms with Gasteiger partial charge in [0.25, 0.3) is 10.0 Å². The van der Waals surface area contributed by atoms with Gasteiger partial charge in [-0.1, -0.05) is 22.9 Å². The van der Waals surface area contributed by atoms with E-state index in [-0.39, 0.29) is 10.2 Å². The van der Waals surface area contributed by atoms with Gasteiger partial charge in [-0.15, -0.1) is 0 Å². The predicted octanol–water partition coefficient (Wildman–Crippen LogP) is 3.39. The van der Waals surface area contributed by atoms with E-state index in [1.54, 1.807) is 0 Å². The molecule has 0 aliphatic heterocycles. The van der Waals surface area contributed by atoms with Gasteiger partial charge in [-0.05, 0) is 51.4 Å². The van der Waals surface area contributed by atoms with E-state index in [2.05, 4.69) is 22.5 Å². The van der Waals surface area contributed by atoms with Crippen molar-refractivity contribution >= 4 is 43.8 Å². The summed E-state index contributed by atoms with van der Waals surface area (Å²) in [5, 5.41) is 5.56. The van der Waals surface area contributed by atoms with E-state index in [0.717, 1.165) is 44.1 Å². The lowest BCUT2D eigenvalue weighted by Gasteiger charge is -2.13. The summed E-state index contributed by atoms with van der Waals surface area (Å²) in [6.07, 6.45) is 3.50. The maximum Gasteiger partial charge on any atom is 0.266 e. The van der Waals surface area contributed by atoms with Gasteiger partial charge in [0, 0.05) is 12.6 Å². The molecule has 0 unspecified atom stereocenters. The molecule has 0 fully saturated rings. The maximum absolute atomic E-state index is 14.4. The number of nitrogens with two attached hydrogens (primary N) is 1. The molecule has 12 heteroatoms. The van der Waals surface area contributed by atoms with Crippen LogP contribution in [0.1, 0.15) is 26.2 Å². The van der Waals surface area contributed by atoms with Crippen molar-refractivity contribution in [3.8, 4) is 0 Å². The third-order valence-electron chi connectivity index (χ3n) is 4.02. The zero-order valence-corrected chi connectivity index (χ0v) is 18.2. The number of halogens is 3. The fourth-order valence-corrected chi connectivity index (χ4v) is 4.68. The number of thiazole rings is 1. The third kappa shape index (κ3) is 7.34. The summed E-state index contributed by atoms with van der Waals surface area (Å²) in [6, 6.07) is 2.41. The molecule has 0 radical (unpaired) electrons. The minimum absolute atomic E-state index is 0.0618.